The zero-order valence-electron chi connectivity index (χ0n) is 29.9. The first-order chi connectivity index (χ1) is 25.2. The first-order valence-electron chi connectivity index (χ1n) is 18.3. The number of benzene rings is 7. The normalized spacial score (nSPS) is 16.2. The Morgan fingerprint density at radius 1 is 0.404 bits per heavy atom. The summed E-state index contributed by atoms with van der Waals surface area (Å²) in [6, 6.07) is 58.8. The maximum atomic E-state index is 14.5. The highest BCUT2D eigenvalue weighted by molar-refractivity contribution is 6.14. The smallest absolute Gasteiger partial charge is 0.193 e. The van der Waals surface area contributed by atoms with E-state index < -0.39 is 5.41 Å². The molecule has 0 unspecified atom stereocenters. The Balaban J connectivity index is 1.31. The monoisotopic (exact) mass is 669 g/mol. The average Bonchev–Trinajstić information content (AvgIpc) is 3.51. The van der Waals surface area contributed by atoms with Crippen molar-refractivity contribution in [3.63, 3.8) is 0 Å². The van der Waals surface area contributed by atoms with Gasteiger partial charge in [-0.1, -0.05) is 155 Å². The lowest BCUT2D eigenvalue weighted by atomic mass is 9.59. The van der Waals surface area contributed by atoms with Crippen LogP contribution < -0.4 is 0 Å². The molecule has 1 heterocycles. The minimum Gasteiger partial charge on any atom is -0.309 e. The molecule has 0 fully saturated rings. The molecule has 0 saturated heterocycles. The van der Waals surface area contributed by atoms with Crippen LogP contribution in [0.15, 0.2) is 164 Å². The molecule has 250 valence electrons. The van der Waals surface area contributed by atoms with Crippen LogP contribution >= 0.6 is 0 Å². The van der Waals surface area contributed by atoms with Gasteiger partial charge in [0.2, 0.25) is 0 Å². The molecule has 10 rings (SSSR count). The number of rotatable bonds is 3. The van der Waals surface area contributed by atoms with E-state index in [0.717, 1.165) is 44.6 Å². The molecule has 0 saturated carbocycles. The zero-order valence-corrected chi connectivity index (χ0v) is 29.9. The number of aromatic nitrogens is 1. The highest BCUT2D eigenvalue weighted by Gasteiger charge is 2.47. The van der Waals surface area contributed by atoms with E-state index in [2.05, 4.69) is 184 Å². The van der Waals surface area contributed by atoms with Crippen LogP contribution in [0.25, 0.3) is 27.5 Å². The van der Waals surface area contributed by atoms with E-state index in [1.165, 1.54) is 38.5 Å². The highest BCUT2D eigenvalue weighted by Crippen LogP contribution is 2.53. The minimum atomic E-state index is -0.702. The molecule has 2 nitrogen and oxygen atoms in total. The molecule has 0 radical (unpaired) electrons. The lowest BCUT2D eigenvalue weighted by Gasteiger charge is -2.44. The second-order valence-corrected chi connectivity index (χ2v) is 15.6. The van der Waals surface area contributed by atoms with Crippen LogP contribution in [0, 0.1) is 0 Å². The van der Waals surface area contributed by atoms with Crippen LogP contribution in [0.4, 0.5) is 0 Å². The molecule has 0 spiro atoms. The van der Waals surface area contributed by atoms with Crippen LogP contribution in [0.1, 0.15) is 88.1 Å². The third kappa shape index (κ3) is 3.93. The summed E-state index contributed by atoms with van der Waals surface area (Å²) >= 11 is 0. The van der Waals surface area contributed by atoms with E-state index in [0.29, 0.717) is 0 Å². The number of nitrogens with zero attached hydrogens (tertiary/aromatic N) is 1. The molecule has 0 atom stereocenters. The van der Waals surface area contributed by atoms with Gasteiger partial charge in [0.15, 0.2) is 5.78 Å². The van der Waals surface area contributed by atoms with Crippen LogP contribution in [0.3, 0.4) is 0 Å². The van der Waals surface area contributed by atoms with Crippen molar-refractivity contribution in [2.75, 3.05) is 0 Å². The lowest BCUT2D eigenvalue weighted by Crippen LogP contribution is -2.38. The molecular formula is C50H39NO. The van der Waals surface area contributed by atoms with Gasteiger partial charge in [0.25, 0.3) is 0 Å². The van der Waals surface area contributed by atoms with Gasteiger partial charge >= 0.3 is 0 Å². The molecule has 1 aromatic heterocycles. The van der Waals surface area contributed by atoms with Gasteiger partial charge in [0.1, 0.15) is 0 Å². The van der Waals surface area contributed by atoms with E-state index in [4.69, 9.17) is 0 Å². The van der Waals surface area contributed by atoms with Crippen LogP contribution in [-0.2, 0) is 16.2 Å². The molecule has 0 aliphatic heterocycles. The third-order valence-corrected chi connectivity index (χ3v) is 12.3. The average molecular weight is 670 g/mol. The molecule has 8 aromatic rings. The van der Waals surface area contributed by atoms with E-state index in [-0.39, 0.29) is 16.6 Å². The topological polar surface area (TPSA) is 22.0 Å². The highest BCUT2D eigenvalue weighted by atomic mass is 16.1. The van der Waals surface area contributed by atoms with E-state index in [1.807, 2.05) is 12.1 Å². The number of carbonyl (C=O) groups excluding carboxylic acids is 1. The first kappa shape index (κ1) is 30.8. The summed E-state index contributed by atoms with van der Waals surface area (Å²) in [6.45, 7) is 9.48. The fraction of sp³-hybridized carbons (Fsp3) is 0.140. The molecule has 0 bridgehead atoms. The maximum absolute atomic E-state index is 14.5. The van der Waals surface area contributed by atoms with E-state index in [1.54, 1.807) is 0 Å². The largest absolute Gasteiger partial charge is 0.309 e. The van der Waals surface area contributed by atoms with Gasteiger partial charge < -0.3 is 4.57 Å². The zero-order chi connectivity index (χ0) is 35.4. The van der Waals surface area contributed by atoms with E-state index >= 15 is 0 Å². The molecule has 0 N–H and O–H groups in total. The molecular weight excluding hydrogens is 631 g/mol. The van der Waals surface area contributed by atoms with Gasteiger partial charge in [-0.2, -0.15) is 0 Å². The molecule has 52 heavy (non-hydrogen) atoms. The number of ketones is 1. The summed E-state index contributed by atoms with van der Waals surface area (Å²) in [6.07, 6.45) is 0. The summed E-state index contributed by atoms with van der Waals surface area (Å²) < 4.78 is 2.43. The first-order valence-corrected chi connectivity index (χ1v) is 18.3. The molecule has 2 heteroatoms. The molecule has 2 aliphatic rings. The SMILES string of the molecule is CC1(C)c2ccccc2C(C)(C)c2cc3c(cc21)c1ccccc1n3-c1ccc2c(c1)C(c1ccccc1)(c1ccccc1)c1ccccc1C2=O. The van der Waals surface area contributed by atoms with Gasteiger partial charge in [0, 0.05) is 38.4 Å². The Morgan fingerprint density at radius 3 is 1.58 bits per heavy atom. The van der Waals surface area contributed by atoms with Gasteiger partial charge in [-0.05, 0) is 80.9 Å². The summed E-state index contributed by atoms with van der Waals surface area (Å²) in [5, 5.41) is 2.47. The Morgan fingerprint density at radius 2 is 0.923 bits per heavy atom. The van der Waals surface area contributed by atoms with Crippen molar-refractivity contribution >= 4 is 27.6 Å². The van der Waals surface area contributed by atoms with Gasteiger partial charge in [-0.25, -0.2) is 0 Å². The van der Waals surface area contributed by atoms with E-state index in [9.17, 15) is 4.79 Å². The van der Waals surface area contributed by atoms with Crippen molar-refractivity contribution in [2.24, 2.45) is 0 Å². The minimum absolute atomic E-state index is 0.0681. The molecule has 7 aromatic carbocycles. The number of para-hydroxylation sites is 1. The standard InChI is InChI=1S/C50H39NO/c1-48(2)40-24-14-15-25-41(40)49(3,4)44-31-46-38(30-43(44)48)35-21-12-16-26-45(35)51(46)34-27-28-37-42(29-34)50(32-17-7-5-8-18-32,33-19-9-6-10-20-33)39-23-13-11-22-36(39)47(37)52/h5-31H,1-4H3. The summed E-state index contributed by atoms with van der Waals surface area (Å²) in [7, 11) is 0. The van der Waals surface area contributed by atoms with Crippen molar-refractivity contribution in [3.05, 3.63) is 219 Å². The fourth-order valence-corrected chi connectivity index (χ4v) is 9.83. The van der Waals surface area contributed by atoms with Gasteiger partial charge in [-0.3, -0.25) is 4.79 Å². The van der Waals surface area contributed by atoms with Crippen molar-refractivity contribution in [1.82, 2.24) is 4.57 Å². The Bertz CT molecular complexity index is 2710. The number of carbonyl (C=O) groups is 1. The van der Waals surface area contributed by atoms with Crippen molar-refractivity contribution < 1.29 is 4.79 Å². The second kappa shape index (κ2) is 10.8. The second-order valence-electron chi connectivity index (χ2n) is 15.6. The Hall–Kier alpha value is -5.99. The predicted molar refractivity (Wildman–Crippen MR) is 213 cm³/mol. The third-order valence-electron chi connectivity index (χ3n) is 12.3. The van der Waals surface area contributed by atoms with Crippen LogP contribution in [-0.4, -0.2) is 10.4 Å². The van der Waals surface area contributed by atoms with Gasteiger partial charge in [-0.15, -0.1) is 0 Å². The Kier molecular flexibility index (Phi) is 6.37. The number of hydrogen-bond donors (Lipinski definition) is 0. The lowest BCUT2D eigenvalue weighted by molar-refractivity contribution is 0.103. The quantitative estimate of drug-likeness (QED) is 0.183. The van der Waals surface area contributed by atoms with Crippen LogP contribution in [0.5, 0.6) is 0 Å². The Labute approximate surface area is 305 Å². The predicted octanol–water partition coefficient (Wildman–Crippen LogP) is 11.7. The maximum Gasteiger partial charge on any atom is 0.193 e. The van der Waals surface area contributed by atoms with Crippen molar-refractivity contribution in [1.29, 1.82) is 0 Å². The van der Waals surface area contributed by atoms with Crippen molar-refractivity contribution in [3.8, 4) is 5.69 Å². The van der Waals surface area contributed by atoms with Crippen molar-refractivity contribution in [2.45, 2.75) is 43.9 Å². The van der Waals surface area contributed by atoms with Gasteiger partial charge in [0.05, 0.1) is 16.4 Å². The number of fused-ring (bicyclic) bond motifs is 7. The summed E-state index contributed by atoms with van der Waals surface area (Å²) in [5.41, 5.74) is 13.7. The molecule has 2 aliphatic carbocycles. The summed E-state index contributed by atoms with van der Waals surface area (Å²) in [4.78, 5) is 14.5. The number of hydrogen-bond acceptors (Lipinski definition) is 1. The molecule has 0 amide bonds. The summed E-state index contributed by atoms with van der Waals surface area (Å²) in [5.74, 6) is 0.0681. The fourth-order valence-electron chi connectivity index (χ4n) is 9.83. The van der Waals surface area contributed by atoms with Crippen LogP contribution in [0.2, 0.25) is 0 Å².